The van der Waals surface area contributed by atoms with Gasteiger partial charge in [0.2, 0.25) is 0 Å². The molecule has 0 saturated heterocycles. The molecule has 0 unspecified atom stereocenters. The smallest absolute Gasteiger partial charge is 0.256 e. The van der Waals surface area contributed by atoms with E-state index in [0.29, 0.717) is 17.1 Å². The number of hydrogen-bond donors (Lipinski definition) is 1. The number of thioether (sulfide) groups is 1. The number of amides is 1. The first-order chi connectivity index (χ1) is 12.7. The highest BCUT2D eigenvalue weighted by molar-refractivity contribution is 7.98. The van der Waals surface area contributed by atoms with Crippen LogP contribution in [0.4, 0.5) is 5.82 Å². The summed E-state index contributed by atoms with van der Waals surface area (Å²) in [7, 11) is 1.54. The lowest BCUT2D eigenvalue weighted by Gasteiger charge is -2.09. The normalized spacial score (nSPS) is 10.4. The van der Waals surface area contributed by atoms with Gasteiger partial charge in [0.05, 0.1) is 7.11 Å². The largest absolute Gasteiger partial charge is 0.493 e. The number of aromatic nitrogens is 1. The van der Waals surface area contributed by atoms with Crippen molar-refractivity contribution in [1.29, 1.82) is 0 Å². The molecule has 26 heavy (non-hydrogen) atoms. The number of hydrogen-bond acceptors (Lipinski definition) is 4. The predicted molar refractivity (Wildman–Crippen MR) is 106 cm³/mol. The molecule has 2 aromatic carbocycles. The highest BCUT2D eigenvalue weighted by atomic mass is 35.5. The number of methoxy groups -OCH3 is 1. The van der Waals surface area contributed by atoms with Crippen LogP contribution in [0.15, 0.2) is 71.8 Å². The van der Waals surface area contributed by atoms with Crippen LogP contribution in [0.25, 0.3) is 0 Å². The summed E-state index contributed by atoms with van der Waals surface area (Å²) in [5, 5.41) is 3.50. The van der Waals surface area contributed by atoms with E-state index in [1.165, 1.54) is 0 Å². The lowest BCUT2D eigenvalue weighted by molar-refractivity contribution is 0.102. The van der Waals surface area contributed by atoms with Gasteiger partial charge in [-0.05, 0) is 54.1 Å². The van der Waals surface area contributed by atoms with Crippen molar-refractivity contribution in [3.05, 3.63) is 83.0 Å². The molecule has 132 valence electrons. The Kier molecular flexibility index (Phi) is 6.15. The fourth-order valence-corrected chi connectivity index (χ4v) is 3.26. The van der Waals surface area contributed by atoms with Crippen LogP contribution in [-0.2, 0) is 5.75 Å². The van der Waals surface area contributed by atoms with Gasteiger partial charge in [-0.2, -0.15) is 0 Å². The molecule has 0 radical (unpaired) electrons. The standard InChI is InChI=1S/C20H17ClN2O2S/c1-25-18-3-2-12-22-19(18)23-20(24)15-6-4-14(5-7-15)13-26-17-10-8-16(21)9-11-17/h2-12H,13H2,1H3,(H,22,23,24). The maximum atomic E-state index is 12.4. The van der Waals surface area contributed by atoms with Crippen LogP contribution < -0.4 is 10.1 Å². The molecule has 3 rings (SSSR count). The van der Waals surface area contributed by atoms with Crippen molar-refractivity contribution >= 4 is 35.1 Å². The van der Waals surface area contributed by atoms with Crippen LogP contribution in [0.2, 0.25) is 5.02 Å². The van der Waals surface area contributed by atoms with Crippen LogP contribution in [0.1, 0.15) is 15.9 Å². The zero-order valence-electron chi connectivity index (χ0n) is 14.1. The number of anilines is 1. The summed E-state index contributed by atoms with van der Waals surface area (Å²) in [6, 6.07) is 18.8. The molecule has 1 N–H and O–H groups in total. The number of halogens is 1. The number of rotatable bonds is 6. The molecule has 0 bridgehead atoms. The number of carbonyl (C=O) groups excluding carboxylic acids is 1. The molecule has 0 aliphatic heterocycles. The van der Waals surface area contributed by atoms with E-state index in [0.717, 1.165) is 21.2 Å². The molecule has 0 aliphatic rings. The van der Waals surface area contributed by atoms with Crippen molar-refractivity contribution < 1.29 is 9.53 Å². The first kappa shape index (κ1) is 18.3. The zero-order chi connectivity index (χ0) is 18.4. The maximum Gasteiger partial charge on any atom is 0.256 e. The molecule has 0 spiro atoms. The van der Waals surface area contributed by atoms with Crippen molar-refractivity contribution in [3.8, 4) is 5.75 Å². The summed E-state index contributed by atoms with van der Waals surface area (Å²) in [6.45, 7) is 0. The molecule has 0 atom stereocenters. The van der Waals surface area contributed by atoms with E-state index < -0.39 is 0 Å². The summed E-state index contributed by atoms with van der Waals surface area (Å²) in [5.41, 5.74) is 1.70. The summed E-state index contributed by atoms with van der Waals surface area (Å²) in [6.07, 6.45) is 1.61. The van der Waals surface area contributed by atoms with Crippen molar-refractivity contribution in [3.63, 3.8) is 0 Å². The first-order valence-electron chi connectivity index (χ1n) is 7.93. The topological polar surface area (TPSA) is 51.2 Å². The third-order valence-corrected chi connectivity index (χ3v) is 4.99. The number of nitrogens with one attached hydrogen (secondary N) is 1. The Hall–Kier alpha value is -2.50. The van der Waals surface area contributed by atoms with Gasteiger partial charge in [-0.3, -0.25) is 4.79 Å². The Morgan fingerprint density at radius 1 is 1.12 bits per heavy atom. The second-order valence-electron chi connectivity index (χ2n) is 5.45. The Morgan fingerprint density at radius 3 is 2.54 bits per heavy atom. The van der Waals surface area contributed by atoms with Gasteiger partial charge in [0.25, 0.3) is 5.91 Å². The van der Waals surface area contributed by atoms with E-state index in [9.17, 15) is 4.79 Å². The minimum atomic E-state index is -0.223. The van der Waals surface area contributed by atoms with Gasteiger partial charge in [0, 0.05) is 27.4 Å². The minimum Gasteiger partial charge on any atom is -0.493 e. The fourth-order valence-electron chi connectivity index (χ4n) is 2.28. The van der Waals surface area contributed by atoms with Crippen molar-refractivity contribution in [2.75, 3.05) is 12.4 Å². The van der Waals surface area contributed by atoms with E-state index in [2.05, 4.69) is 10.3 Å². The number of carbonyl (C=O) groups is 1. The highest BCUT2D eigenvalue weighted by Crippen LogP contribution is 2.25. The zero-order valence-corrected chi connectivity index (χ0v) is 15.7. The second-order valence-corrected chi connectivity index (χ2v) is 6.93. The number of pyridine rings is 1. The van der Waals surface area contributed by atoms with Crippen LogP contribution in [0.3, 0.4) is 0 Å². The average Bonchev–Trinajstić information content (AvgIpc) is 2.68. The molecule has 4 nitrogen and oxygen atoms in total. The van der Waals surface area contributed by atoms with E-state index in [4.69, 9.17) is 16.3 Å². The quantitative estimate of drug-likeness (QED) is 0.587. The molecule has 1 aromatic heterocycles. The molecule has 1 heterocycles. The summed E-state index contributed by atoms with van der Waals surface area (Å²) < 4.78 is 5.19. The average molecular weight is 385 g/mol. The van der Waals surface area contributed by atoms with Crippen molar-refractivity contribution in [2.45, 2.75) is 10.6 Å². The van der Waals surface area contributed by atoms with Crippen molar-refractivity contribution in [1.82, 2.24) is 4.98 Å². The van der Waals surface area contributed by atoms with E-state index in [1.54, 1.807) is 37.2 Å². The minimum absolute atomic E-state index is 0.223. The Bertz CT molecular complexity index is 883. The Labute approximate surface area is 161 Å². The molecular weight excluding hydrogens is 368 g/mol. The van der Waals surface area contributed by atoms with Crippen LogP contribution in [-0.4, -0.2) is 18.0 Å². The Balaban J connectivity index is 1.61. The summed E-state index contributed by atoms with van der Waals surface area (Å²) in [4.78, 5) is 17.7. The predicted octanol–water partition coefficient (Wildman–Crippen LogP) is 5.29. The van der Waals surface area contributed by atoms with Crippen molar-refractivity contribution in [2.24, 2.45) is 0 Å². The van der Waals surface area contributed by atoms with Gasteiger partial charge in [-0.15, -0.1) is 11.8 Å². The van der Waals surface area contributed by atoms with Gasteiger partial charge in [-0.1, -0.05) is 23.7 Å². The molecule has 0 fully saturated rings. The van der Waals surface area contributed by atoms with Crippen LogP contribution in [0.5, 0.6) is 5.75 Å². The molecule has 0 aliphatic carbocycles. The Morgan fingerprint density at radius 2 is 1.85 bits per heavy atom. The third kappa shape index (κ3) is 4.77. The van der Waals surface area contributed by atoms with Crippen LogP contribution >= 0.6 is 23.4 Å². The molecule has 6 heteroatoms. The van der Waals surface area contributed by atoms with E-state index in [1.807, 2.05) is 48.5 Å². The SMILES string of the molecule is COc1cccnc1NC(=O)c1ccc(CSc2ccc(Cl)cc2)cc1. The fraction of sp³-hybridized carbons (Fsp3) is 0.100. The number of benzene rings is 2. The van der Waals surface area contributed by atoms with Gasteiger partial charge >= 0.3 is 0 Å². The lowest BCUT2D eigenvalue weighted by Crippen LogP contribution is -2.13. The molecule has 3 aromatic rings. The number of nitrogens with zero attached hydrogens (tertiary/aromatic N) is 1. The number of ether oxygens (including phenoxy) is 1. The maximum absolute atomic E-state index is 12.4. The summed E-state index contributed by atoms with van der Waals surface area (Å²) in [5.74, 6) is 1.52. The van der Waals surface area contributed by atoms with Gasteiger partial charge in [0.15, 0.2) is 11.6 Å². The monoisotopic (exact) mass is 384 g/mol. The summed E-state index contributed by atoms with van der Waals surface area (Å²) >= 11 is 7.61. The lowest BCUT2D eigenvalue weighted by atomic mass is 10.1. The van der Waals surface area contributed by atoms with E-state index >= 15 is 0 Å². The third-order valence-electron chi connectivity index (χ3n) is 3.66. The molecular formula is C20H17ClN2O2S. The first-order valence-corrected chi connectivity index (χ1v) is 9.30. The molecule has 1 amide bonds. The second kappa shape index (κ2) is 8.74. The van der Waals surface area contributed by atoms with E-state index in [-0.39, 0.29) is 5.91 Å². The molecule has 0 saturated carbocycles. The van der Waals surface area contributed by atoms with Gasteiger partial charge < -0.3 is 10.1 Å². The van der Waals surface area contributed by atoms with Gasteiger partial charge in [0.1, 0.15) is 0 Å². The van der Waals surface area contributed by atoms with Crippen LogP contribution in [0, 0.1) is 0 Å². The highest BCUT2D eigenvalue weighted by Gasteiger charge is 2.10. The van der Waals surface area contributed by atoms with Gasteiger partial charge in [-0.25, -0.2) is 4.98 Å².